The summed E-state index contributed by atoms with van der Waals surface area (Å²) in [6, 6.07) is 5.03. The average molecular weight is 300 g/mol. The molecule has 7 nitrogen and oxygen atoms in total. The van der Waals surface area contributed by atoms with Gasteiger partial charge in [-0.1, -0.05) is 0 Å². The predicted octanol–water partition coefficient (Wildman–Crippen LogP) is 2.68. The number of urea groups is 1. The van der Waals surface area contributed by atoms with Gasteiger partial charge in [0.1, 0.15) is 23.8 Å². The summed E-state index contributed by atoms with van der Waals surface area (Å²) in [6.45, 7) is 1.87. The molecule has 21 heavy (non-hydrogen) atoms. The van der Waals surface area contributed by atoms with Crippen LogP contribution in [0.1, 0.15) is 5.82 Å². The number of nitrogens with zero attached hydrogens (tertiary/aromatic N) is 4. The van der Waals surface area contributed by atoms with Crippen LogP contribution in [0.25, 0.3) is 5.82 Å². The van der Waals surface area contributed by atoms with Crippen molar-refractivity contribution in [3.8, 4) is 5.82 Å². The molecule has 0 atom stereocenters. The number of carbonyl (C=O) groups excluding carboxylic acids is 1. The molecule has 3 rings (SSSR count). The summed E-state index contributed by atoms with van der Waals surface area (Å²) in [5.74, 6) is 1.87. The Morgan fingerprint density at radius 1 is 1.29 bits per heavy atom. The van der Waals surface area contributed by atoms with Crippen LogP contribution in [0.3, 0.4) is 0 Å². The van der Waals surface area contributed by atoms with E-state index in [2.05, 4.69) is 25.6 Å². The smallest absolute Gasteiger partial charge is 0.299 e. The zero-order valence-corrected chi connectivity index (χ0v) is 12.0. The number of imidazole rings is 1. The first-order chi connectivity index (χ1) is 10.2. The summed E-state index contributed by atoms with van der Waals surface area (Å²) in [6.07, 6.45) is 4.89. The first kappa shape index (κ1) is 13.3. The van der Waals surface area contributed by atoms with Gasteiger partial charge in [0, 0.05) is 18.5 Å². The molecule has 0 fully saturated rings. The summed E-state index contributed by atoms with van der Waals surface area (Å²) in [7, 11) is 0. The van der Waals surface area contributed by atoms with E-state index in [9.17, 15) is 4.79 Å². The normalized spacial score (nSPS) is 10.3. The monoisotopic (exact) mass is 300 g/mol. The zero-order valence-electron chi connectivity index (χ0n) is 11.1. The Kier molecular flexibility index (Phi) is 3.61. The molecule has 3 aromatic heterocycles. The van der Waals surface area contributed by atoms with Gasteiger partial charge in [0.15, 0.2) is 0 Å². The van der Waals surface area contributed by atoms with Gasteiger partial charge < -0.3 is 0 Å². The van der Waals surface area contributed by atoms with E-state index in [4.69, 9.17) is 0 Å². The van der Waals surface area contributed by atoms with Crippen LogP contribution in [0.15, 0.2) is 42.3 Å². The van der Waals surface area contributed by atoms with E-state index in [1.807, 2.05) is 29.0 Å². The van der Waals surface area contributed by atoms with Gasteiger partial charge in [-0.25, -0.2) is 19.7 Å². The third-order valence-electron chi connectivity index (χ3n) is 2.72. The maximum absolute atomic E-state index is 11.8. The molecule has 8 heteroatoms. The van der Waals surface area contributed by atoms with Gasteiger partial charge in [0.25, 0.3) is 0 Å². The van der Waals surface area contributed by atoms with Crippen molar-refractivity contribution in [2.75, 3.05) is 10.6 Å². The molecule has 3 aromatic rings. The third kappa shape index (κ3) is 3.06. The lowest BCUT2D eigenvalue weighted by Gasteiger charge is -2.07. The van der Waals surface area contributed by atoms with E-state index in [-0.39, 0.29) is 6.03 Å². The largest absolute Gasteiger partial charge is 0.325 e. The number of anilines is 2. The van der Waals surface area contributed by atoms with Gasteiger partial charge in [-0.2, -0.15) is 0 Å². The maximum atomic E-state index is 11.8. The second-order valence-electron chi connectivity index (χ2n) is 4.16. The lowest BCUT2D eigenvalue weighted by atomic mass is 10.5. The Hall–Kier alpha value is -2.74. The molecule has 0 aliphatic carbocycles. The molecular formula is C13H12N6OS. The number of amides is 2. The molecule has 0 spiro atoms. The van der Waals surface area contributed by atoms with Crippen LogP contribution in [0.2, 0.25) is 0 Å². The highest BCUT2D eigenvalue weighted by Gasteiger charge is 2.07. The van der Waals surface area contributed by atoms with E-state index in [1.165, 1.54) is 17.7 Å². The maximum Gasteiger partial charge on any atom is 0.325 e. The van der Waals surface area contributed by atoms with Gasteiger partial charge in [-0.3, -0.25) is 15.2 Å². The standard InChI is InChI=1S/C13H12N6OS/c1-9-14-4-5-19(9)11-7-10(15-8-16-11)17-13(20)18-12-3-2-6-21-12/h2-8H,1H3,(H2,15,16,17,18,20). The quantitative estimate of drug-likeness (QED) is 0.778. The highest BCUT2D eigenvalue weighted by Crippen LogP contribution is 2.16. The summed E-state index contributed by atoms with van der Waals surface area (Å²) in [4.78, 5) is 24.2. The second kappa shape index (κ2) is 5.71. The molecule has 0 aliphatic rings. The van der Waals surface area contributed by atoms with Crippen LogP contribution in [0, 0.1) is 6.92 Å². The molecule has 0 aliphatic heterocycles. The van der Waals surface area contributed by atoms with Crippen LogP contribution in [-0.2, 0) is 0 Å². The molecule has 0 unspecified atom stereocenters. The lowest BCUT2D eigenvalue weighted by Crippen LogP contribution is -2.19. The van der Waals surface area contributed by atoms with Crippen molar-refractivity contribution in [1.82, 2.24) is 19.5 Å². The van der Waals surface area contributed by atoms with Crippen LogP contribution in [-0.4, -0.2) is 25.6 Å². The zero-order chi connectivity index (χ0) is 14.7. The van der Waals surface area contributed by atoms with Gasteiger partial charge in [-0.15, -0.1) is 11.3 Å². The van der Waals surface area contributed by atoms with Gasteiger partial charge in [-0.05, 0) is 24.4 Å². The molecule has 106 valence electrons. The molecular weight excluding hydrogens is 288 g/mol. The Morgan fingerprint density at radius 2 is 2.19 bits per heavy atom. The number of carbonyl (C=O) groups is 1. The summed E-state index contributed by atoms with van der Waals surface area (Å²) >= 11 is 1.45. The summed E-state index contributed by atoms with van der Waals surface area (Å²) < 4.78 is 1.81. The van der Waals surface area contributed by atoms with E-state index < -0.39 is 0 Å². The first-order valence-corrected chi connectivity index (χ1v) is 7.04. The van der Waals surface area contributed by atoms with E-state index in [1.54, 1.807) is 18.5 Å². The highest BCUT2D eigenvalue weighted by atomic mass is 32.1. The Morgan fingerprint density at radius 3 is 2.90 bits per heavy atom. The van der Waals surface area contributed by atoms with Crippen LogP contribution < -0.4 is 10.6 Å². The summed E-state index contributed by atoms with van der Waals surface area (Å²) in [5.41, 5.74) is 0. The Balaban J connectivity index is 1.74. The highest BCUT2D eigenvalue weighted by molar-refractivity contribution is 7.14. The fourth-order valence-electron chi connectivity index (χ4n) is 1.78. The number of nitrogens with one attached hydrogen (secondary N) is 2. The molecule has 3 heterocycles. The number of aromatic nitrogens is 4. The molecule has 2 N–H and O–H groups in total. The Bertz CT molecular complexity index is 752. The van der Waals surface area contributed by atoms with Crippen molar-refractivity contribution < 1.29 is 4.79 Å². The minimum Gasteiger partial charge on any atom is -0.299 e. The van der Waals surface area contributed by atoms with Crippen molar-refractivity contribution in [3.63, 3.8) is 0 Å². The van der Waals surface area contributed by atoms with E-state index in [0.29, 0.717) is 11.6 Å². The molecule has 0 bridgehead atoms. The number of rotatable bonds is 3. The fourth-order valence-corrected chi connectivity index (χ4v) is 2.39. The number of hydrogen-bond donors (Lipinski definition) is 2. The molecule has 0 radical (unpaired) electrons. The second-order valence-corrected chi connectivity index (χ2v) is 5.11. The van der Waals surface area contributed by atoms with E-state index >= 15 is 0 Å². The number of hydrogen-bond acceptors (Lipinski definition) is 5. The van der Waals surface area contributed by atoms with Crippen LogP contribution in [0.4, 0.5) is 15.6 Å². The predicted molar refractivity (Wildman–Crippen MR) is 80.9 cm³/mol. The van der Waals surface area contributed by atoms with Gasteiger partial charge >= 0.3 is 6.03 Å². The number of aryl methyl sites for hydroxylation is 1. The van der Waals surface area contributed by atoms with Gasteiger partial charge in [0.05, 0.1) is 5.00 Å². The minimum absolute atomic E-state index is 0.343. The Labute approximate surface area is 124 Å². The van der Waals surface area contributed by atoms with Crippen molar-refractivity contribution in [2.24, 2.45) is 0 Å². The summed E-state index contributed by atoms with van der Waals surface area (Å²) in [5, 5.41) is 8.06. The van der Waals surface area contributed by atoms with E-state index in [0.717, 1.165) is 10.8 Å². The first-order valence-electron chi connectivity index (χ1n) is 6.16. The van der Waals surface area contributed by atoms with Crippen LogP contribution >= 0.6 is 11.3 Å². The fraction of sp³-hybridized carbons (Fsp3) is 0.0769. The molecule has 0 saturated carbocycles. The SMILES string of the molecule is Cc1nccn1-c1cc(NC(=O)Nc2cccs2)ncn1. The van der Waals surface area contributed by atoms with Crippen molar-refractivity contribution >= 4 is 28.2 Å². The minimum atomic E-state index is -0.343. The van der Waals surface area contributed by atoms with Crippen molar-refractivity contribution in [3.05, 3.63) is 48.1 Å². The van der Waals surface area contributed by atoms with Crippen LogP contribution in [0.5, 0.6) is 0 Å². The molecule has 0 saturated heterocycles. The molecule has 0 aromatic carbocycles. The number of thiophene rings is 1. The average Bonchev–Trinajstić information content (AvgIpc) is 3.10. The lowest BCUT2D eigenvalue weighted by molar-refractivity contribution is 0.262. The van der Waals surface area contributed by atoms with Crippen molar-refractivity contribution in [2.45, 2.75) is 6.92 Å². The van der Waals surface area contributed by atoms with Gasteiger partial charge in [0.2, 0.25) is 0 Å². The molecule has 2 amide bonds. The van der Waals surface area contributed by atoms with Crippen molar-refractivity contribution in [1.29, 1.82) is 0 Å². The third-order valence-corrected chi connectivity index (χ3v) is 3.51. The topological polar surface area (TPSA) is 84.7 Å².